The van der Waals surface area contributed by atoms with Crippen molar-refractivity contribution in [2.75, 3.05) is 33.2 Å². The number of nitrogens with one attached hydrogen (secondary N) is 2. The summed E-state index contributed by atoms with van der Waals surface area (Å²) in [6.45, 7) is -0.492. The summed E-state index contributed by atoms with van der Waals surface area (Å²) in [6, 6.07) is 0. The number of halogens is 3. The summed E-state index contributed by atoms with van der Waals surface area (Å²) < 4.78 is 36.5. The lowest BCUT2D eigenvalue weighted by Crippen LogP contribution is -2.38. The molecule has 8 heteroatoms. The lowest BCUT2D eigenvalue weighted by Gasteiger charge is -2.18. The predicted octanol–water partition coefficient (Wildman–Crippen LogP) is -0.267. The van der Waals surface area contributed by atoms with E-state index in [2.05, 4.69) is 10.6 Å². The third-order valence-corrected chi connectivity index (χ3v) is 2.63. The van der Waals surface area contributed by atoms with Crippen molar-refractivity contribution in [1.29, 1.82) is 0 Å². The molecule has 5 nitrogen and oxygen atoms in total. The van der Waals surface area contributed by atoms with Crippen molar-refractivity contribution in [2.24, 2.45) is 5.92 Å². The Labute approximate surface area is 103 Å². The Morgan fingerprint density at radius 2 is 2.11 bits per heavy atom. The molecule has 0 aromatic heterocycles. The number of likely N-dealkylation sites (tertiary alicyclic amines) is 1. The van der Waals surface area contributed by atoms with Crippen molar-refractivity contribution >= 4 is 11.8 Å². The zero-order chi connectivity index (χ0) is 13.8. The summed E-state index contributed by atoms with van der Waals surface area (Å²) >= 11 is 0. The molecule has 1 saturated heterocycles. The van der Waals surface area contributed by atoms with Gasteiger partial charge in [0, 0.05) is 26.1 Å². The molecule has 104 valence electrons. The van der Waals surface area contributed by atoms with E-state index in [-0.39, 0.29) is 18.9 Å². The van der Waals surface area contributed by atoms with Crippen LogP contribution in [0.2, 0.25) is 0 Å². The Morgan fingerprint density at radius 1 is 1.44 bits per heavy atom. The quantitative estimate of drug-likeness (QED) is 0.674. The molecular formula is C10H16F3N3O2. The standard InChI is InChI=1S/C10H16F3N3O2/c1-14-2-3-15-9(18)7-4-8(17)16(5-7)6-10(11,12)13/h7,14H,2-6H2,1H3,(H,15,18). The summed E-state index contributed by atoms with van der Waals surface area (Å²) in [5.41, 5.74) is 0. The molecule has 1 unspecified atom stereocenters. The zero-order valence-corrected chi connectivity index (χ0v) is 10.0. The van der Waals surface area contributed by atoms with Crippen LogP contribution < -0.4 is 10.6 Å². The molecule has 0 aromatic carbocycles. The Morgan fingerprint density at radius 3 is 2.67 bits per heavy atom. The molecule has 1 atom stereocenters. The van der Waals surface area contributed by atoms with Crippen LogP contribution in [0.3, 0.4) is 0 Å². The molecule has 2 N–H and O–H groups in total. The number of amides is 2. The van der Waals surface area contributed by atoms with E-state index in [1.807, 2.05) is 0 Å². The van der Waals surface area contributed by atoms with Crippen molar-refractivity contribution in [3.05, 3.63) is 0 Å². The Hall–Kier alpha value is -1.31. The molecular weight excluding hydrogens is 251 g/mol. The second-order valence-corrected chi connectivity index (χ2v) is 4.19. The normalized spacial score (nSPS) is 20.3. The van der Waals surface area contributed by atoms with Gasteiger partial charge in [-0.3, -0.25) is 9.59 Å². The van der Waals surface area contributed by atoms with Crippen molar-refractivity contribution in [3.8, 4) is 0 Å². The Balaban J connectivity index is 2.43. The summed E-state index contributed by atoms with van der Waals surface area (Å²) in [4.78, 5) is 23.6. The third-order valence-electron chi connectivity index (χ3n) is 2.63. The highest BCUT2D eigenvalue weighted by molar-refractivity contribution is 5.89. The van der Waals surface area contributed by atoms with Gasteiger partial charge in [-0.25, -0.2) is 0 Å². The van der Waals surface area contributed by atoms with Gasteiger partial charge in [-0.05, 0) is 7.05 Å². The maximum absolute atomic E-state index is 12.2. The first-order valence-electron chi connectivity index (χ1n) is 5.60. The monoisotopic (exact) mass is 267 g/mol. The molecule has 1 aliphatic heterocycles. The number of rotatable bonds is 5. The summed E-state index contributed by atoms with van der Waals surface area (Å²) in [6.07, 6.45) is -4.57. The van der Waals surface area contributed by atoms with Crippen LogP contribution in [0, 0.1) is 5.92 Å². The summed E-state index contributed by atoms with van der Waals surface area (Å²) in [7, 11) is 1.72. The Bertz CT molecular complexity index is 320. The van der Waals surface area contributed by atoms with Gasteiger partial charge in [-0.1, -0.05) is 0 Å². The molecule has 0 saturated carbocycles. The van der Waals surface area contributed by atoms with Crippen LogP contribution in [0.15, 0.2) is 0 Å². The van der Waals surface area contributed by atoms with E-state index in [9.17, 15) is 22.8 Å². The maximum atomic E-state index is 12.2. The second-order valence-electron chi connectivity index (χ2n) is 4.19. The number of hydrogen-bond donors (Lipinski definition) is 2. The number of carbonyl (C=O) groups excluding carboxylic acids is 2. The van der Waals surface area contributed by atoms with Crippen molar-refractivity contribution in [1.82, 2.24) is 15.5 Å². The molecule has 0 aliphatic carbocycles. The summed E-state index contributed by atoms with van der Waals surface area (Å²) in [5, 5.41) is 5.39. The average Bonchev–Trinajstić information content (AvgIpc) is 2.58. The minimum absolute atomic E-state index is 0.151. The highest BCUT2D eigenvalue weighted by Crippen LogP contribution is 2.23. The Kier molecular flexibility index (Phi) is 4.94. The van der Waals surface area contributed by atoms with E-state index >= 15 is 0 Å². The van der Waals surface area contributed by atoms with Gasteiger partial charge in [0.05, 0.1) is 5.92 Å². The first-order valence-corrected chi connectivity index (χ1v) is 5.60. The second kappa shape index (κ2) is 6.03. The fourth-order valence-electron chi connectivity index (χ4n) is 1.77. The van der Waals surface area contributed by atoms with Gasteiger partial charge in [0.1, 0.15) is 6.54 Å². The zero-order valence-electron chi connectivity index (χ0n) is 10.0. The SMILES string of the molecule is CNCCNC(=O)C1CC(=O)N(CC(F)(F)F)C1. The van der Waals surface area contributed by atoms with E-state index in [4.69, 9.17) is 0 Å². The van der Waals surface area contributed by atoms with E-state index in [1.54, 1.807) is 7.05 Å². The van der Waals surface area contributed by atoms with Crippen molar-refractivity contribution in [3.63, 3.8) is 0 Å². The topological polar surface area (TPSA) is 61.4 Å². The molecule has 0 spiro atoms. The first-order chi connectivity index (χ1) is 8.33. The maximum Gasteiger partial charge on any atom is 0.406 e. The fourth-order valence-corrected chi connectivity index (χ4v) is 1.77. The highest BCUT2D eigenvalue weighted by atomic mass is 19.4. The minimum atomic E-state index is -4.42. The number of carbonyl (C=O) groups is 2. The molecule has 0 bridgehead atoms. The predicted molar refractivity (Wildman–Crippen MR) is 57.7 cm³/mol. The van der Waals surface area contributed by atoms with Crippen LogP contribution in [-0.2, 0) is 9.59 Å². The lowest BCUT2D eigenvalue weighted by atomic mass is 10.1. The third kappa shape index (κ3) is 4.52. The van der Waals surface area contributed by atoms with Crippen LogP contribution in [0.5, 0.6) is 0 Å². The fraction of sp³-hybridized carbons (Fsp3) is 0.800. The number of alkyl halides is 3. The summed E-state index contributed by atoms with van der Waals surface area (Å²) in [5.74, 6) is -1.68. The molecule has 1 aliphatic rings. The molecule has 18 heavy (non-hydrogen) atoms. The van der Waals surface area contributed by atoms with Gasteiger partial charge >= 0.3 is 6.18 Å². The van der Waals surface area contributed by atoms with Gasteiger partial charge in [-0.2, -0.15) is 13.2 Å². The van der Waals surface area contributed by atoms with Gasteiger partial charge in [0.15, 0.2) is 0 Å². The molecule has 1 fully saturated rings. The number of likely N-dealkylation sites (N-methyl/N-ethyl adjacent to an activating group) is 1. The van der Waals surface area contributed by atoms with Gasteiger partial charge < -0.3 is 15.5 Å². The smallest absolute Gasteiger partial charge is 0.355 e. The van der Waals surface area contributed by atoms with E-state index in [1.165, 1.54) is 0 Å². The number of hydrogen-bond acceptors (Lipinski definition) is 3. The van der Waals surface area contributed by atoms with Crippen LogP contribution in [0.1, 0.15) is 6.42 Å². The van der Waals surface area contributed by atoms with E-state index in [0.29, 0.717) is 18.0 Å². The van der Waals surface area contributed by atoms with Gasteiger partial charge in [0.25, 0.3) is 0 Å². The first kappa shape index (κ1) is 14.7. The lowest BCUT2D eigenvalue weighted by molar-refractivity contribution is -0.157. The number of nitrogens with zero attached hydrogens (tertiary/aromatic N) is 1. The van der Waals surface area contributed by atoms with Gasteiger partial charge in [0.2, 0.25) is 11.8 Å². The van der Waals surface area contributed by atoms with Crippen LogP contribution in [-0.4, -0.2) is 56.1 Å². The highest BCUT2D eigenvalue weighted by Gasteiger charge is 2.40. The molecule has 0 aromatic rings. The van der Waals surface area contributed by atoms with Crippen molar-refractivity contribution in [2.45, 2.75) is 12.6 Å². The molecule has 2 amide bonds. The van der Waals surface area contributed by atoms with Crippen LogP contribution in [0.25, 0.3) is 0 Å². The van der Waals surface area contributed by atoms with Gasteiger partial charge in [-0.15, -0.1) is 0 Å². The molecule has 1 heterocycles. The van der Waals surface area contributed by atoms with Crippen LogP contribution >= 0.6 is 0 Å². The van der Waals surface area contributed by atoms with E-state index < -0.39 is 24.5 Å². The largest absolute Gasteiger partial charge is 0.406 e. The molecule has 0 radical (unpaired) electrons. The minimum Gasteiger partial charge on any atom is -0.355 e. The average molecular weight is 267 g/mol. The van der Waals surface area contributed by atoms with E-state index in [0.717, 1.165) is 0 Å². The van der Waals surface area contributed by atoms with Crippen molar-refractivity contribution < 1.29 is 22.8 Å². The molecule has 1 rings (SSSR count). The van der Waals surface area contributed by atoms with Crippen LogP contribution in [0.4, 0.5) is 13.2 Å².